The molecule has 144 valence electrons. The van der Waals surface area contributed by atoms with Crippen LogP contribution in [0.4, 0.5) is 0 Å². The summed E-state index contributed by atoms with van der Waals surface area (Å²) in [5.74, 6) is -3.05. The Morgan fingerprint density at radius 2 is 1.73 bits per heavy atom. The van der Waals surface area contributed by atoms with Crippen molar-refractivity contribution >= 4 is 17.8 Å². The van der Waals surface area contributed by atoms with Gasteiger partial charge in [0.25, 0.3) is 0 Å². The summed E-state index contributed by atoms with van der Waals surface area (Å²) in [6.07, 6.45) is 0.277. The van der Waals surface area contributed by atoms with Crippen molar-refractivity contribution in [3.63, 3.8) is 0 Å². The molecule has 0 fully saturated rings. The van der Waals surface area contributed by atoms with Crippen molar-refractivity contribution in [2.24, 2.45) is 11.8 Å². The SMILES string of the molecule is COC(=O)C(COC(=O)C(C)C)NC(=O)C(C)Cc1ccc(O)c(O)c1. The molecule has 0 saturated carbocycles. The van der Waals surface area contributed by atoms with Crippen molar-refractivity contribution in [3.8, 4) is 11.5 Å². The van der Waals surface area contributed by atoms with Gasteiger partial charge in [-0.15, -0.1) is 0 Å². The van der Waals surface area contributed by atoms with Gasteiger partial charge in [-0.2, -0.15) is 0 Å². The van der Waals surface area contributed by atoms with Crippen LogP contribution in [0.25, 0.3) is 0 Å². The number of hydrogen-bond donors (Lipinski definition) is 3. The second kappa shape index (κ2) is 9.65. The first-order chi connectivity index (χ1) is 12.1. The summed E-state index contributed by atoms with van der Waals surface area (Å²) in [4.78, 5) is 35.7. The molecule has 1 rings (SSSR count). The molecule has 8 nitrogen and oxygen atoms in total. The number of carbonyl (C=O) groups excluding carboxylic acids is 3. The molecule has 0 aliphatic rings. The van der Waals surface area contributed by atoms with Crippen LogP contribution in [-0.2, 0) is 30.3 Å². The number of hydrogen-bond acceptors (Lipinski definition) is 7. The van der Waals surface area contributed by atoms with E-state index in [9.17, 15) is 24.6 Å². The second-order valence-corrected chi connectivity index (χ2v) is 6.30. The van der Waals surface area contributed by atoms with Crippen molar-refractivity contribution in [2.45, 2.75) is 33.2 Å². The van der Waals surface area contributed by atoms with Crippen LogP contribution in [0, 0.1) is 11.8 Å². The Morgan fingerprint density at radius 3 is 2.27 bits per heavy atom. The highest BCUT2D eigenvalue weighted by Gasteiger charge is 2.26. The number of carbonyl (C=O) groups is 3. The second-order valence-electron chi connectivity index (χ2n) is 6.30. The summed E-state index contributed by atoms with van der Waals surface area (Å²) in [5.41, 5.74) is 0.642. The minimum atomic E-state index is -1.11. The van der Waals surface area contributed by atoms with E-state index in [1.54, 1.807) is 26.8 Å². The number of ether oxygens (including phenoxy) is 2. The number of phenols is 2. The Kier molecular flexibility index (Phi) is 7.89. The van der Waals surface area contributed by atoms with Crippen LogP contribution in [0.5, 0.6) is 11.5 Å². The minimum Gasteiger partial charge on any atom is -0.504 e. The van der Waals surface area contributed by atoms with E-state index in [2.05, 4.69) is 10.1 Å². The number of aromatic hydroxyl groups is 2. The Labute approximate surface area is 152 Å². The Morgan fingerprint density at radius 1 is 1.08 bits per heavy atom. The average Bonchev–Trinajstić information content (AvgIpc) is 2.60. The number of rotatable bonds is 8. The third-order valence-electron chi connectivity index (χ3n) is 3.70. The monoisotopic (exact) mass is 367 g/mol. The van der Waals surface area contributed by atoms with Gasteiger partial charge in [0.1, 0.15) is 6.61 Å². The molecule has 0 saturated heterocycles. The molecule has 26 heavy (non-hydrogen) atoms. The van der Waals surface area contributed by atoms with Crippen LogP contribution < -0.4 is 5.32 Å². The zero-order chi connectivity index (χ0) is 19.9. The van der Waals surface area contributed by atoms with Crippen LogP contribution in [0.2, 0.25) is 0 Å². The molecule has 3 N–H and O–H groups in total. The van der Waals surface area contributed by atoms with E-state index in [1.807, 2.05) is 0 Å². The number of amides is 1. The first-order valence-electron chi connectivity index (χ1n) is 8.21. The molecule has 0 heterocycles. The normalized spacial score (nSPS) is 13.0. The van der Waals surface area contributed by atoms with Crippen LogP contribution in [0.3, 0.4) is 0 Å². The van der Waals surface area contributed by atoms with E-state index < -0.39 is 29.8 Å². The molecule has 0 spiro atoms. The summed E-state index contributed by atoms with van der Waals surface area (Å²) >= 11 is 0. The van der Waals surface area contributed by atoms with Crippen molar-refractivity contribution in [2.75, 3.05) is 13.7 Å². The van der Waals surface area contributed by atoms with Crippen LogP contribution in [0.1, 0.15) is 26.3 Å². The largest absolute Gasteiger partial charge is 0.504 e. The molecular weight excluding hydrogens is 342 g/mol. The van der Waals surface area contributed by atoms with Gasteiger partial charge in [-0.3, -0.25) is 9.59 Å². The van der Waals surface area contributed by atoms with E-state index in [1.165, 1.54) is 19.2 Å². The predicted molar refractivity (Wildman–Crippen MR) is 92.4 cm³/mol. The number of benzene rings is 1. The smallest absolute Gasteiger partial charge is 0.331 e. The third-order valence-corrected chi connectivity index (χ3v) is 3.70. The first kappa shape index (κ1) is 21.3. The molecule has 0 aromatic heterocycles. The molecule has 0 radical (unpaired) electrons. The maximum Gasteiger partial charge on any atom is 0.331 e. The molecule has 0 aliphatic heterocycles. The highest BCUT2D eigenvalue weighted by atomic mass is 16.5. The lowest BCUT2D eigenvalue weighted by atomic mass is 9.99. The van der Waals surface area contributed by atoms with Crippen molar-refractivity contribution < 1.29 is 34.1 Å². The quantitative estimate of drug-likeness (QED) is 0.465. The van der Waals surface area contributed by atoms with Crippen molar-refractivity contribution in [3.05, 3.63) is 23.8 Å². The molecule has 1 aromatic rings. The zero-order valence-corrected chi connectivity index (χ0v) is 15.3. The number of esters is 2. The van der Waals surface area contributed by atoms with Crippen molar-refractivity contribution in [1.29, 1.82) is 0 Å². The summed E-state index contributed by atoms with van der Waals surface area (Å²) in [7, 11) is 1.18. The van der Waals surface area contributed by atoms with E-state index in [0.717, 1.165) is 0 Å². The van der Waals surface area contributed by atoms with Gasteiger partial charge in [0.05, 0.1) is 13.0 Å². The fourth-order valence-corrected chi connectivity index (χ4v) is 2.10. The van der Waals surface area contributed by atoms with E-state index in [0.29, 0.717) is 5.56 Å². The minimum absolute atomic E-state index is 0.247. The lowest BCUT2D eigenvalue weighted by Crippen LogP contribution is -2.47. The molecule has 0 aliphatic carbocycles. The van der Waals surface area contributed by atoms with Gasteiger partial charge in [0.2, 0.25) is 5.91 Å². The maximum atomic E-state index is 12.3. The molecular formula is C18H25NO7. The highest BCUT2D eigenvalue weighted by molar-refractivity contribution is 5.86. The van der Waals surface area contributed by atoms with Gasteiger partial charge >= 0.3 is 11.9 Å². The van der Waals surface area contributed by atoms with Gasteiger partial charge in [0, 0.05) is 5.92 Å². The van der Waals surface area contributed by atoms with Crippen LogP contribution in [0.15, 0.2) is 18.2 Å². The number of phenolic OH excluding ortho intramolecular Hbond substituents is 2. The Bertz CT molecular complexity index is 657. The fourth-order valence-electron chi connectivity index (χ4n) is 2.10. The van der Waals surface area contributed by atoms with Crippen LogP contribution in [-0.4, -0.2) is 47.8 Å². The molecule has 0 bridgehead atoms. The summed E-state index contributed by atoms with van der Waals surface area (Å²) < 4.78 is 9.63. The molecule has 1 aromatic carbocycles. The maximum absolute atomic E-state index is 12.3. The summed E-state index contributed by atoms with van der Waals surface area (Å²) in [6, 6.07) is 3.17. The molecule has 8 heteroatoms. The standard InChI is InChI=1S/C18H25NO7/c1-10(2)17(23)26-9-13(18(24)25-4)19-16(22)11(3)7-12-5-6-14(20)15(21)8-12/h5-6,8,10-11,13,20-21H,7,9H2,1-4H3,(H,19,22). The predicted octanol–water partition coefficient (Wildman–Crippen LogP) is 1.13. The Balaban J connectivity index is 2.70. The van der Waals surface area contributed by atoms with Crippen molar-refractivity contribution in [1.82, 2.24) is 5.32 Å². The molecule has 1 amide bonds. The van der Waals surface area contributed by atoms with Crippen LogP contribution >= 0.6 is 0 Å². The number of methoxy groups -OCH3 is 1. The summed E-state index contributed by atoms with van der Waals surface area (Å²) in [5, 5.41) is 21.3. The first-order valence-corrected chi connectivity index (χ1v) is 8.21. The Hall–Kier alpha value is -2.77. The summed E-state index contributed by atoms with van der Waals surface area (Å²) in [6.45, 7) is 4.64. The van der Waals surface area contributed by atoms with Gasteiger partial charge in [0.15, 0.2) is 17.5 Å². The highest BCUT2D eigenvalue weighted by Crippen LogP contribution is 2.26. The van der Waals surface area contributed by atoms with E-state index >= 15 is 0 Å². The van der Waals surface area contributed by atoms with E-state index in [4.69, 9.17) is 4.74 Å². The van der Waals surface area contributed by atoms with Gasteiger partial charge in [-0.1, -0.05) is 26.8 Å². The lowest BCUT2D eigenvalue weighted by Gasteiger charge is -2.20. The van der Waals surface area contributed by atoms with Gasteiger partial charge in [-0.05, 0) is 24.1 Å². The molecule has 2 unspecified atom stereocenters. The zero-order valence-electron chi connectivity index (χ0n) is 15.3. The third kappa shape index (κ3) is 6.27. The average molecular weight is 367 g/mol. The molecule has 2 atom stereocenters. The topological polar surface area (TPSA) is 122 Å². The fraction of sp³-hybridized carbons (Fsp3) is 0.500. The number of nitrogens with one attached hydrogen (secondary N) is 1. The van der Waals surface area contributed by atoms with Gasteiger partial charge < -0.3 is 25.0 Å². The van der Waals surface area contributed by atoms with E-state index in [-0.39, 0.29) is 30.4 Å². The lowest BCUT2D eigenvalue weighted by molar-refractivity contribution is -0.154. The van der Waals surface area contributed by atoms with Gasteiger partial charge in [-0.25, -0.2) is 4.79 Å².